The van der Waals surface area contributed by atoms with Crippen molar-refractivity contribution in [2.24, 2.45) is 0 Å². The van der Waals surface area contributed by atoms with Crippen LogP contribution in [0.3, 0.4) is 0 Å². The minimum atomic E-state index is -2.00. The summed E-state index contributed by atoms with van der Waals surface area (Å²) >= 11 is 0. The number of hydrogen-bond donors (Lipinski definition) is 11. The monoisotopic (exact) mass is 740 g/mol. The van der Waals surface area contributed by atoms with Crippen LogP contribution in [-0.2, 0) is 23.7 Å². The molecule has 19 nitrogen and oxygen atoms in total. The summed E-state index contributed by atoms with van der Waals surface area (Å²) in [5.41, 5.74) is -1.15. The molecular formula is C33H40O19. The van der Waals surface area contributed by atoms with Crippen molar-refractivity contribution in [1.29, 1.82) is 0 Å². The van der Waals surface area contributed by atoms with Crippen LogP contribution in [0.5, 0.6) is 23.0 Å². The summed E-state index contributed by atoms with van der Waals surface area (Å²) in [6, 6.07) is 7.16. The average molecular weight is 741 g/mol. The van der Waals surface area contributed by atoms with Crippen molar-refractivity contribution >= 4 is 11.0 Å². The van der Waals surface area contributed by atoms with Crippen LogP contribution < -0.4 is 10.2 Å². The molecule has 286 valence electrons. The molecule has 11 unspecified atom stereocenters. The number of aliphatic hydroxyl groups is 8. The highest BCUT2D eigenvalue weighted by Gasteiger charge is 2.52. The van der Waals surface area contributed by atoms with Gasteiger partial charge in [0, 0.05) is 17.7 Å². The molecule has 3 fully saturated rings. The van der Waals surface area contributed by atoms with Crippen molar-refractivity contribution in [3.8, 4) is 34.3 Å². The minimum Gasteiger partial charge on any atom is -0.508 e. The van der Waals surface area contributed by atoms with E-state index in [9.17, 15) is 61.0 Å². The Kier molecular flexibility index (Phi) is 11.0. The molecule has 0 bridgehead atoms. The predicted molar refractivity (Wildman–Crippen MR) is 170 cm³/mol. The SMILES string of the molecule is CC1OC(OCC2OC(Oc3c(-c4ccc(O)cc4)oc4cc(O)cc(O)c4c3=O)C(OC3O[C@@H](C)[C@H](O)[C@@H](O)[C@H]3O)C(O)C2O)C(O)C(O)C1O. The van der Waals surface area contributed by atoms with E-state index in [-0.39, 0.29) is 22.7 Å². The number of ether oxygens (including phenoxy) is 6. The highest BCUT2D eigenvalue weighted by molar-refractivity contribution is 5.88. The first-order chi connectivity index (χ1) is 24.6. The van der Waals surface area contributed by atoms with Crippen molar-refractivity contribution in [2.45, 2.75) is 106 Å². The number of phenols is 3. The van der Waals surface area contributed by atoms with Crippen LogP contribution in [0.25, 0.3) is 22.3 Å². The van der Waals surface area contributed by atoms with E-state index in [0.717, 1.165) is 12.1 Å². The van der Waals surface area contributed by atoms with Crippen molar-refractivity contribution in [3.63, 3.8) is 0 Å². The van der Waals surface area contributed by atoms with Crippen LogP contribution in [0.15, 0.2) is 45.6 Å². The Balaban J connectivity index is 1.38. The Morgan fingerprint density at radius 3 is 1.88 bits per heavy atom. The van der Waals surface area contributed by atoms with Gasteiger partial charge in [-0.25, -0.2) is 0 Å². The largest absolute Gasteiger partial charge is 0.508 e. The first-order valence-corrected chi connectivity index (χ1v) is 16.2. The van der Waals surface area contributed by atoms with E-state index in [1.165, 1.54) is 38.1 Å². The number of hydrogen-bond acceptors (Lipinski definition) is 19. The Labute approximate surface area is 293 Å². The van der Waals surface area contributed by atoms with Gasteiger partial charge < -0.3 is 89.0 Å². The second-order valence-electron chi connectivity index (χ2n) is 12.9. The highest BCUT2D eigenvalue weighted by atomic mass is 16.8. The van der Waals surface area contributed by atoms with E-state index in [4.69, 9.17) is 32.8 Å². The quantitative estimate of drug-likeness (QED) is 0.113. The summed E-state index contributed by atoms with van der Waals surface area (Å²) in [4.78, 5) is 14.0. The lowest BCUT2D eigenvalue weighted by Gasteiger charge is -2.46. The third-order valence-electron chi connectivity index (χ3n) is 9.26. The Morgan fingerprint density at radius 2 is 1.25 bits per heavy atom. The zero-order valence-corrected chi connectivity index (χ0v) is 27.5. The third kappa shape index (κ3) is 7.16. The van der Waals surface area contributed by atoms with Gasteiger partial charge in [0.2, 0.25) is 17.5 Å². The van der Waals surface area contributed by atoms with Crippen LogP contribution in [0.1, 0.15) is 13.8 Å². The first-order valence-electron chi connectivity index (χ1n) is 16.2. The molecule has 52 heavy (non-hydrogen) atoms. The van der Waals surface area contributed by atoms with Crippen LogP contribution >= 0.6 is 0 Å². The van der Waals surface area contributed by atoms with E-state index in [1.54, 1.807) is 0 Å². The fraction of sp³-hybridized carbons (Fsp3) is 0.545. The van der Waals surface area contributed by atoms with E-state index in [2.05, 4.69) is 0 Å². The van der Waals surface area contributed by atoms with Gasteiger partial charge in [-0.2, -0.15) is 0 Å². The molecule has 2 aromatic carbocycles. The molecule has 6 rings (SSSR count). The summed E-state index contributed by atoms with van der Waals surface area (Å²) in [5.74, 6) is -2.27. The molecule has 0 spiro atoms. The minimum absolute atomic E-state index is 0.138. The van der Waals surface area contributed by atoms with Gasteiger partial charge in [-0.15, -0.1) is 0 Å². The van der Waals surface area contributed by atoms with Gasteiger partial charge >= 0.3 is 0 Å². The van der Waals surface area contributed by atoms with Gasteiger partial charge in [-0.3, -0.25) is 4.79 Å². The van der Waals surface area contributed by atoms with Crippen molar-refractivity contribution in [1.82, 2.24) is 0 Å². The van der Waals surface area contributed by atoms with Gasteiger partial charge in [0.15, 0.2) is 24.4 Å². The molecule has 1 aromatic heterocycles. The molecule has 19 heteroatoms. The highest BCUT2D eigenvalue weighted by Crippen LogP contribution is 2.38. The first kappa shape index (κ1) is 38.1. The van der Waals surface area contributed by atoms with E-state index in [1.807, 2.05) is 0 Å². The van der Waals surface area contributed by atoms with Crippen LogP contribution in [0.4, 0.5) is 0 Å². The second-order valence-corrected chi connectivity index (χ2v) is 12.9. The maximum Gasteiger partial charge on any atom is 0.239 e. The number of phenolic OH excluding ortho intramolecular Hbond substituents is 3. The number of aromatic hydroxyl groups is 3. The van der Waals surface area contributed by atoms with Crippen LogP contribution in [0.2, 0.25) is 0 Å². The third-order valence-corrected chi connectivity index (χ3v) is 9.26. The standard InChI is InChI=1S/C33H40O19/c1-10-19(37)23(41)26(44)31(47-10)46-9-17-21(39)25(43)30(52-32-27(45)24(42)20(38)11(2)48-32)33(50-17)51-29-22(40)18-15(36)7-14(35)8-16(18)49-28(29)12-3-5-13(34)6-4-12/h3-8,10-11,17,19-21,23-27,30-39,41-45H,9H2,1-2H3/t10?,11-,17?,19?,20-,21?,23?,24+,25?,26?,27+,30?,31?,32?,33?/m0/s1. The summed E-state index contributed by atoms with van der Waals surface area (Å²) < 4.78 is 40.3. The summed E-state index contributed by atoms with van der Waals surface area (Å²) in [5, 5.41) is 115. The molecule has 11 N–H and O–H groups in total. The van der Waals surface area contributed by atoms with E-state index < -0.39 is 127 Å². The number of rotatable bonds is 8. The smallest absolute Gasteiger partial charge is 0.239 e. The van der Waals surface area contributed by atoms with Crippen molar-refractivity contribution in [2.75, 3.05) is 6.61 Å². The lowest BCUT2D eigenvalue weighted by atomic mass is 9.97. The van der Waals surface area contributed by atoms with Gasteiger partial charge in [-0.1, -0.05) is 0 Å². The van der Waals surface area contributed by atoms with Crippen LogP contribution in [0, 0.1) is 0 Å². The lowest BCUT2D eigenvalue weighted by molar-refractivity contribution is -0.360. The molecule has 15 atom stereocenters. The molecule has 4 heterocycles. The van der Waals surface area contributed by atoms with Gasteiger partial charge in [-0.05, 0) is 38.1 Å². The fourth-order valence-electron chi connectivity index (χ4n) is 6.20. The lowest BCUT2D eigenvalue weighted by Crippen LogP contribution is -2.65. The molecule has 0 aliphatic carbocycles. The van der Waals surface area contributed by atoms with Crippen molar-refractivity contribution in [3.05, 3.63) is 46.6 Å². The molecular weight excluding hydrogens is 700 g/mol. The Hall–Kier alpha value is -3.67. The van der Waals surface area contributed by atoms with E-state index in [0.29, 0.717) is 0 Å². The normalized spacial score (nSPS) is 38.3. The zero-order valence-electron chi connectivity index (χ0n) is 27.5. The molecule has 0 saturated carbocycles. The number of benzene rings is 2. The predicted octanol–water partition coefficient (Wildman–Crippen LogP) is -2.54. The van der Waals surface area contributed by atoms with Gasteiger partial charge in [0.1, 0.15) is 83.2 Å². The van der Waals surface area contributed by atoms with E-state index >= 15 is 0 Å². The second kappa shape index (κ2) is 15.0. The molecule has 3 aliphatic heterocycles. The van der Waals surface area contributed by atoms with Gasteiger partial charge in [0.05, 0.1) is 18.8 Å². The molecule has 3 aromatic rings. The Morgan fingerprint density at radius 1 is 0.654 bits per heavy atom. The zero-order chi connectivity index (χ0) is 37.8. The number of aliphatic hydroxyl groups excluding tert-OH is 8. The topological polar surface area (TPSA) is 308 Å². The molecule has 3 saturated heterocycles. The van der Waals surface area contributed by atoms with Crippen molar-refractivity contribution < 1.29 is 89.0 Å². The summed E-state index contributed by atoms with van der Waals surface area (Å²) in [7, 11) is 0. The van der Waals surface area contributed by atoms with Gasteiger partial charge in [0.25, 0.3) is 0 Å². The maximum absolute atomic E-state index is 14.0. The summed E-state index contributed by atoms with van der Waals surface area (Å²) in [6.07, 6.45) is -24.7. The average Bonchev–Trinajstić information content (AvgIpc) is 3.10. The number of fused-ring (bicyclic) bond motifs is 1. The maximum atomic E-state index is 14.0. The van der Waals surface area contributed by atoms with Crippen LogP contribution in [-0.4, -0.2) is 155 Å². The molecule has 0 amide bonds. The molecule has 0 radical (unpaired) electrons. The summed E-state index contributed by atoms with van der Waals surface area (Å²) in [6.45, 7) is 2.12. The fourth-order valence-corrected chi connectivity index (χ4v) is 6.20. The Bertz CT molecular complexity index is 1760. The molecule has 3 aliphatic rings.